The predicted molar refractivity (Wildman–Crippen MR) is 65.7 cm³/mol. The topological polar surface area (TPSA) is 43.8 Å². The molecule has 0 atom stereocenters. The summed E-state index contributed by atoms with van der Waals surface area (Å²) in [5.41, 5.74) is 10.3. The predicted octanol–water partition coefficient (Wildman–Crippen LogP) is 2.26. The van der Waals surface area contributed by atoms with Gasteiger partial charge in [0.2, 0.25) is 0 Å². The van der Waals surface area contributed by atoms with Crippen molar-refractivity contribution < 1.29 is 0 Å². The average Bonchev–Trinajstić information content (AvgIpc) is 2.53. The van der Waals surface area contributed by atoms with Crippen molar-refractivity contribution in [2.45, 2.75) is 27.3 Å². The van der Waals surface area contributed by atoms with Gasteiger partial charge in [0.25, 0.3) is 0 Å². The van der Waals surface area contributed by atoms with Gasteiger partial charge in [0, 0.05) is 23.6 Å². The minimum atomic E-state index is 0.575. The van der Waals surface area contributed by atoms with Crippen LogP contribution in [0.25, 0.3) is 5.82 Å². The Bertz CT molecular complexity index is 512. The monoisotopic (exact) mass is 215 g/mol. The van der Waals surface area contributed by atoms with Gasteiger partial charge in [-0.1, -0.05) is 6.07 Å². The highest BCUT2D eigenvalue weighted by molar-refractivity contribution is 5.37. The lowest BCUT2D eigenvalue weighted by atomic mass is 10.2. The van der Waals surface area contributed by atoms with Crippen LogP contribution in [-0.2, 0) is 6.54 Å². The summed E-state index contributed by atoms with van der Waals surface area (Å²) in [5.74, 6) is 0.967. The molecule has 2 aromatic heterocycles. The molecule has 0 aliphatic heterocycles. The maximum Gasteiger partial charge on any atom is 0.137 e. The molecule has 0 aliphatic carbocycles. The molecule has 84 valence electrons. The van der Waals surface area contributed by atoms with Crippen molar-refractivity contribution in [1.29, 1.82) is 0 Å². The van der Waals surface area contributed by atoms with Gasteiger partial charge in [-0.2, -0.15) is 0 Å². The number of pyridine rings is 1. The normalized spacial score (nSPS) is 10.8. The van der Waals surface area contributed by atoms with E-state index in [0.29, 0.717) is 6.54 Å². The van der Waals surface area contributed by atoms with Gasteiger partial charge in [-0.3, -0.25) is 0 Å². The second kappa shape index (κ2) is 4.10. The maximum atomic E-state index is 5.71. The largest absolute Gasteiger partial charge is 0.326 e. The minimum absolute atomic E-state index is 0.575. The van der Waals surface area contributed by atoms with E-state index in [0.717, 1.165) is 11.5 Å². The molecule has 3 heteroatoms. The summed E-state index contributed by atoms with van der Waals surface area (Å²) in [6, 6.07) is 8.17. The fraction of sp³-hybridized carbons (Fsp3) is 0.308. The van der Waals surface area contributed by atoms with Crippen molar-refractivity contribution in [1.82, 2.24) is 9.55 Å². The highest BCUT2D eigenvalue weighted by Crippen LogP contribution is 2.19. The second-order valence-electron chi connectivity index (χ2n) is 4.07. The van der Waals surface area contributed by atoms with Crippen LogP contribution in [-0.4, -0.2) is 9.55 Å². The van der Waals surface area contributed by atoms with Gasteiger partial charge in [0.1, 0.15) is 5.82 Å². The molecule has 2 rings (SSSR count). The minimum Gasteiger partial charge on any atom is -0.326 e. The molecule has 0 aliphatic rings. The van der Waals surface area contributed by atoms with Crippen LogP contribution < -0.4 is 5.73 Å². The summed E-state index contributed by atoms with van der Waals surface area (Å²) in [7, 11) is 0. The zero-order chi connectivity index (χ0) is 11.7. The molecule has 16 heavy (non-hydrogen) atoms. The third kappa shape index (κ3) is 1.74. The molecule has 3 nitrogen and oxygen atoms in total. The Hall–Kier alpha value is -1.61. The molecule has 2 aromatic rings. The number of hydrogen-bond acceptors (Lipinski definition) is 2. The van der Waals surface area contributed by atoms with Crippen molar-refractivity contribution in [3.8, 4) is 5.82 Å². The third-order valence-corrected chi connectivity index (χ3v) is 2.86. The highest BCUT2D eigenvalue weighted by atomic mass is 15.1. The number of aromatic nitrogens is 2. The van der Waals surface area contributed by atoms with Gasteiger partial charge in [0.15, 0.2) is 0 Å². The third-order valence-electron chi connectivity index (χ3n) is 2.86. The molecular weight excluding hydrogens is 198 g/mol. The first-order valence-electron chi connectivity index (χ1n) is 5.45. The molecule has 0 unspecified atom stereocenters. The summed E-state index contributed by atoms with van der Waals surface area (Å²) in [5, 5.41) is 0. The Kier molecular flexibility index (Phi) is 2.79. The van der Waals surface area contributed by atoms with Crippen molar-refractivity contribution in [3.63, 3.8) is 0 Å². The van der Waals surface area contributed by atoms with E-state index in [2.05, 4.69) is 29.5 Å². The molecule has 0 saturated heterocycles. The Morgan fingerprint density at radius 1 is 1.25 bits per heavy atom. The first-order chi connectivity index (χ1) is 7.63. The van der Waals surface area contributed by atoms with Crippen LogP contribution in [0.4, 0.5) is 0 Å². The Morgan fingerprint density at radius 2 is 2.00 bits per heavy atom. The van der Waals surface area contributed by atoms with E-state index < -0.39 is 0 Å². The van der Waals surface area contributed by atoms with E-state index in [1.807, 2.05) is 25.1 Å². The molecule has 0 bridgehead atoms. The summed E-state index contributed by atoms with van der Waals surface area (Å²) < 4.78 is 2.15. The number of aryl methyl sites for hydroxylation is 2. The van der Waals surface area contributed by atoms with Crippen LogP contribution in [0.5, 0.6) is 0 Å². The lowest BCUT2D eigenvalue weighted by molar-refractivity contribution is 0.899. The van der Waals surface area contributed by atoms with E-state index >= 15 is 0 Å². The second-order valence-corrected chi connectivity index (χ2v) is 4.07. The van der Waals surface area contributed by atoms with Gasteiger partial charge in [-0.15, -0.1) is 0 Å². The Balaban J connectivity index is 2.60. The molecule has 2 heterocycles. The van der Waals surface area contributed by atoms with Crippen LogP contribution in [0.1, 0.15) is 22.6 Å². The fourth-order valence-corrected chi connectivity index (χ4v) is 2.04. The van der Waals surface area contributed by atoms with Crippen molar-refractivity contribution >= 4 is 0 Å². The molecule has 0 aromatic carbocycles. The average molecular weight is 215 g/mol. The molecular formula is C13H17N3. The molecule has 0 amide bonds. The standard InChI is InChI=1S/C13H17N3/c1-9-5-4-6-13(15-9)16-10(2)7-12(8-14)11(16)3/h4-7H,8,14H2,1-3H3. The van der Waals surface area contributed by atoms with Gasteiger partial charge >= 0.3 is 0 Å². The van der Waals surface area contributed by atoms with Crippen molar-refractivity contribution in [2.75, 3.05) is 0 Å². The molecule has 2 N–H and O–H groups in total. The van der Waals surface area contributed by atoms with Crippen LogP contribution >= 0.6 is 0 Å². The fourth-order valence-electron chi connectivity index (χ4n) is 2.04. The molecule has 0 spiro atoms. The van der Waals surface area contributed by atoms with Crippen molar-refractivity contribution in [2.24, 2.45) is 5.73 Å². The Labute approximate surface area is 95.9 Å². The smallest absolute Gasteiger partial charge is 0.137 e. The van der Waals surface area contributed by atoms with Crippen molar-refractivity contribution in [3.05, 3.63) is 46.9 Å². The zero-order valence-corrected chi connectivity index (χ0v) is 9.99. The van der Waals surface area contributed by atoms with Gasteiger partial charge < -0.3 is 10.3 Å². The lowest BCUT2D eigenvalue weighted by Crippen LogP contribution is -2.04. The number of nitrogens with zero attached hydrogens (tertiary/aromatic N) is 2. The molecule has 0 radical (unpaired) electrons. The summed E-state index contributed by atoms with van der Waals surface area (Å²) in [4.78, 5) is 4.53. The zero-order valence-electron chi connectivity index (χ0n) is 9.99. The molecule has 0 fully saturated rings. The number of hydrogen-bond donors (Lipinski definition) is 1. The molecule has 0 saturated carbocycles. The van der Waals surface area contributed by atoms with Crippen LogP contribution in [0.15, 0.2) is 24.3 Å². The maximum absolute atomic E-state index is 5.71. The summed E-state index contributed by atoms with van der Waals surface area (Å²) >= 11 is 0. The SMILES string of the molecule is Cc1cccc(-n2c(C)cc(CN)c2C)n1. The number of rotatable bonds is 2. The number of nitrogens with two attached hydrogens (primary N) is 1. The van der Waals surface area contributed by atoms with E-state index in [4.69, 9.17) is 5.73 Å². The summed E-state index contributed by atoms with van der Waals surface area (Å²) in [6.07, 6.45) is 0. The first kappa shape index (κ1) is 10.9. The van der Waals surface area contributed by atoms with Crippen LogP contribution in [0, 0.1) is 20.8 Å². The Morgan fingerprint density at radius 3 is 2.56 bits per heavy atom. The summed E-state index contributed by atoms with van der Waals surface area (Å²) in [6.45, 7) is 6.74. The van der Waals surface area contributed by atoms with Gasteiger partial charge in [-0.25, -0.2) is 4.98 Å². The van der Waals surface area contributed by atoms with E-state index in [9.17, 15) is 0 Å². The van der Waals surface area contributed by atoms with Crippen LogP contribution in [0.2, 0.25) is 0 Å². The van der Waals surface area contributed by atoms with Gasteiger partial charge in [-0.05, 0) is 44.5 Å². The van der Waals surface area contributed by atoms with E-state index in [-0.39, 0.29) is 0 Å². The first-order valence-corrected chi connectivity index (χ1v) is 5.45. The lowest BCUT2D eigenvalue weighted by Gasteiger charge is -2.09. The highest BCUT2D eigenvalue weighted by Gasteiger charge is 2.09. The van der Waals surface area contributed by atoms with E-state index in [1.54, 1.807) is 0 Å². The van der Waals surface area contributed by atoms with Crippen LogP contribution in [0.3, 0.4) is 0 Å². The quantitative estimate of drug-likeness (QED) is 0.835. The van der Waals surface area contributed by atoms with Gasteiger partial charge in [0.05, 0.1) is 0 Å². The van der Waals surface area contributed by atoms with E-state index in [1.165, 1.54) is 17.0 Å².